The lowest BCUT2D eigenvalue weighted by Gasteiger charge is -2.77. The van der Waals surface area contributed by atoms with Crippen molar-refractivity contribution in [3.8, 4) is 0 Å². The van der Waals surface area contributed by atoms with Crippen molar-refractivity contribution in [1.82, 2.24) is 0 Å². The van der Waals surface area contributed by atoms with Gasteiger partial charge in [-0.1, -0.05) is 12.5 Å². The Hall–Kier alpha value is -0.710. The molecule has 5 atom stereocenters. The highest BCUT2D eigenvalue weighted by Crippen LogP contribution is 2.75. The minimum Gasteiger partial charge on any atom is -0.390 e. The Morgan fingerprint density at radius 2 is 1.95 bits per heavy atom. The summed E-state index contributed by atoms with van der Waals surface area (Å²) in [5.41, 5.74) is -4.18. The second kappa shape index (κ2) is 3.13. The lowest BCUT2D eigenvalue weighted by Crippen LogP contribution is -2.90. The molecule has 4 bridgehead atoms. The van der Waals surface area contributed by atoms with Crippen LogP contribution in [0.4, 0.5) is 0 Å². The number of hydrogen-bond donors (Lipinski definition) is 3. The smallest absolute Gasteiger partial charge is 0.190 e. The lowest BCUT2D eigenvalue weighted by atomic mass is 9.29. The Bertz CT molecular complexity index is 503. The maximum absolute atomic E-state index is 12.3. The third-order valence-electron chi connectivity index (χ3n) is 5.99. The topological polar surface area (TPSA) is 77.8 Å². The van der Waals surface area contributed by atoms with E-state index in [1.807, 2.05) is 13.8 Å². The first-order valence-corrected chi connectivity index (χ1v) is 6.91. The van der Waals surface area contributed by atoms with Gasteiger partial charge in [-0.15, -0.1) is 0 Å². The van der Waals surface area contributed by atoms with Gasteiger partial charge in [0.15, 0.2) is 11.4 Å². The van der Waals surface area contributed by atoms with Crippen LogP contribution in [-0.2, 0) is 4.79 Å². The molecule has 0 heterocycles. The summed E-state index contributed by atoms with van der Waals surface area (Å²) in [4.78, 5) is 12.3. The van der Waals surface area contributed by atoms with Crippen LogP contribution in [0.5, 0.6) is 0 Å². The van der Waals surface area contributed by atoms with Gasteiger partial charge in [0.2, 0.25) is 0 Å². The van der Waals surface area contributed by atoms with E-state index in [0.29, 0.717) is 12.8 Å². The van der Waals surface area contributed by atoms with Gasteiger partial charge in [0.25, 0.3) is 0 Å². The van der Waals surface area contributed by atoms with Crippen LogP contribution in [0.15, 0.2) is 11.6 Å². The molecule has 0 aromatic heterocycles. The van der Waals surface area contributed by atoms with Gasteiger partial charge in [-0.25, -0.2) is 0 Å². The van der Waals surface area contributed by atoms with E-state index < -0.39 is 33.9 Å². The Balaban J connectivity index is 2.22. The molecule has 19 heavy (non-hydrogen) atoms. The first-order valence-electron chi connectivity index (χ1n) is 6.91. The molecule has 0 amide bonds. The van der Waals surface area contributed by atoms with E-state index in [4.69, 9.17) is 0 Å². The molecule has 0 aromatic carbocycles. The first kappa shape index (κ1) is 13.3. The van der Waals surface area contributed by atoms with Gasteiger partial charge in [-0.3, -0.25) is 4.79 Å². The molecule has 0 saturated heterocycles. The largest absolute Gasteiger partial charge is 0.390 e. The fraction of sp³-hybridized carbons (Fsp3) is 0.800. The van der Waals surface area contributed by atoms with Crippen molar-refractivity contribution in [1.29, 1.82) is 0 Å². The Kier molecular flexibility index (Phi) is 2.19. The van der Waals surface area contributed by atoms with Gasteiger partial charge in [-0.05, 0) is 39.7 Å². The Morgan fingerprint density at radius 1 is 1.37 bits per heavy atom. The fourth-order valence-electron chi connectivity index (χ4n) is 5.34. The molecule has 0 radical (unpaired) electrons. The van der Waals surface area contributed by atoms with Crippen molar-refractivity contribution in [3.05, 3.63) is 11.6 Å². The Labute approximate surface area is 113 Å². The molecule has 4 aliphatic carbocycles. The maximum atomic E-state index is 12.3. The van der Waals surface area contributed by atoms with Crippen LogP contribution in [-0.4, -0.2) is 37.9 Å². The van der Waals surface area contributed by atoms with Crippen LogP contribution in [0.1, 0.15) is 40.5 Å². The molecule has 4 aliphatic rings. The van der Waals surface area contributed by atoms with Crippen LogP contribution in [0.3, 0.4) is 0 Å². The van der Waals surface area contributed by atoms with Crippen molar-refractivity contribution < 1.29 is 20.1 Å². The van der Waals surface area contributed by atoms with Gasteiger partial charge in [0.1, 0.15) is 5.60 Å². The van der Waals surface area contributed by atoms with Crippen LogP contribution in [0.25, 0.3) is 0 Å². The summed E-state index contributed by atoms with van der Waals surface area (Å²) in [6.45, 7) is 6.98. The molecule has 1 unspecified atom stereocenters. The normalized spacial score (nSPS) is 52.6. The van der Waals surface area contributed by atoms with Gasteiger partial charge in [-0.2, -0.15) is 0 Å². The molecular weight excluding hydrogens is 244 g/mol. The minimum atomic E-state index is -1.74. The molecular formula is C15H22O4. The van der Waals surface area contributed by atoms with Crippen molar-refractivity contribution >= 4 is 5.78 Å². The maximum Gasteiger partial charge on any atom is 0.190 e. The predicted octanol–water partition coefficient (Wildman–Crippen LogP) is 0.795. The summed E-state index contributed by atoms with van der Waals surface area (Å²) in [5, 5.41) is 32.3. The number of aliphatic hydroxyl groups is 3. The SMILES string of the molecule is CC1=CC(=O)[C@]2(O)C3(C)CC[C@@H](C(C)(C)O)[C@@]2(O)[C@H]13. The standard InChI is InChI=1S/C15H22O4/c1-8-7-10(16)15(19)13(4)6-5-9(12(2,3)17)14(15,18)11(8)13/h7,9,11,17-19H,5-6H2,1-4H3/t9-,11+,13?,14+,15-/m0/s1. The zero-order valence-electron chi connectivity index (χ0n) is 11.9. The summed E-state index contributed by atoms with van der Waals surface area (Å²) < 4.78 is 0. The average molecular weight is 266 g/mol. The lowest BCUT2D eigenvalue weighted by molar-refractivity contribution is -0.377. The molecule has 4 heteroatoms. The second-order valence-corrected chi connectivity index (χ2v) is 7.38. The van der Waals surface area contributed by atoms with Crippen molar-refractivity contribution in [3.63, 3.8) is 0 Å². The summed E-state index contributed by atoms with van der Waals surface area (Å²) in [6.07, 6.45) is 2.71. The molecule has 2 saturated carbocycles. The van der Waals surface area contributed by atoms with E-state index in [9.17, 15) is 20.1 Å². The van der Waals surface area contributed by atoms with Crippen LogP contribution in [0.2, 0.25) is 0 Å². The number of rotatable bonds is 1. The molecule has 2 fully saturated rings. The van der Waals surface area contributed by atoms with Crippen LogP contribution >= 0.6 is 0 Å². The van der Waals surface area contributed by atoms with Gasteiger partial charge >= 0.3 is 0 Å². The zero-order chi connectivity index (χ0) is 14.4. The summed E-state index contributed by atoms with van der Waals surface area (Å²) >= 11 is 0. The number of carbonyl (C=O) groups excluding carboxylic acids is 1. The Morgan fingerprint density at radius 3 is 2.47 bits per heavy atom. The third kappa shape index (κ3) is 1.08. The summed E-state index contributed by atoms with van der Waals surface area (Å²) in [5.74, 6) is -1.15. The molecule has 0 aliphatic heterocycles. The van der Waals surface area contributed by atoms with Gasteiger partial charge in [0.05, 0.1) is 5.60 Å². The van der Waals surface area contributed by atoms with Gasteiger partial charge in [0, 0.05) is 17.3 Å². The monoisotopic (exact) mass is 266 g/mol. The summed E-state index contributed by atoms with van der Waals surface area (Å²) in [6, 6.07) is 0. The molecule has 4 nitrogen and oxygen atoms in total. The summed E-state index contributed by atoms with van der Waals surface area (Å²) in [7, 11) is 0. The number of fused-ring (bicyclic) bond motifs is 1. The average Bonchev–Trinajstić information content (AvgIpc) is 2.22. The number of hydrogen-bond acceptors (Lipinski definition) is 4. The van der Waals surface area contributed by atoms with Gasteiger partial charge < -0.3 is 15.3 Å². The minimum absolute atomic E-state index is 0.243. The van der Waals surface area contributed by atoms with Crippen LogP contribution in [0, 0.1) is 17.3 Å². The number of carbonyl (C=O) groups is 1. The van der Waals surface area contributed by atoms with E-state index in [-0.39, 0.29) is 5.92 Å². The van der Waals surface area contributed by atoms with E-state index in [0.717, 1.165) is 5.57 Å². The highest BCUT2D eigenvalue weighted by atomic mass is 16.4. The molecule has 0 spiro atoms. The molecule has 0 aromatic rings. The highest BCUT2D eigenvalue weighted by Gasteiger charge is 2.86. The quantitative estimate of drug-likeness (QED) is 0.656. The predicted molar refractivity (Wildman–Crippen MR) is 69.3 cm³/mol. The van der Waals surface area contributed by atoms with Crippen molar-refractivity contribution in [2.45, 2.75) is 57.3 Å². The highest BCUT2D eigenvalue weighted by molar-refractivity contribution is 6.03. The van der Waals surface area contributed by atoms with Crippen molar-refractivity contribution in [2.75, 3.05) is 0 Å². The second-order valence-electron chi connectivity index (χ2n) is 7.38. The third-order valence-corrected chi connectivity index (χ3v) is 5.99. The van der Waals surface area contributed by atoms with Crippen LogP contribution < -0.4 is 0 Å². The van der Waals surface area contributed by atoms with E-state index in [2.05, 4.69) is 0 Å². The van der Waals surface area contributed by atoms with E-state index in [1.54, 1.807) is 13.8 Å². The zero-order valence-corrected chi connectivity index (χ0v) is 11.9. The van der Waals surface area contributed by atoms with E-state index >= 15 is 0 Å². The molecule has 3 N–H and O–H groups in total. The number of ketones is 1. The fourth-order valence-corrected chi connectivity index (χ4v) is 5.34. The molecule has 106 valence electrons. The van der Waals surface area contributed by atoms with E-state index in [1.165, 1.54) is 6.08 Å². The first-order chi connectivity index (χ1) is 8.51. The van der Waals surface area contributed by atoms with Crippen molar-refractivity contribution in [2.24, 2.45) is 17.3 Å². The molecule has 4 rings (SSSR count).